The lowest BCUT2D eigenvalue weighted by atomic mass is 10.1. The van der Waals surface area contributed by atoms with Gasteiger partial charge in [-0.05, 0) is 55.3 Å². The highest BCUT2D eigenvalue weighted by molar-refractivity contribution is 7.89. The van der Waals surface area contributed by atoms with Crippen LogP contribution in [0.15, 0.2) is 77.7 Å². The van der Waals surface area contributed by atoms with Crippen LogP contribution in [-0.4, -0.2) is 24.7 Å². The maximum absolute atomic E-state index is 13.6. The van der Waals surface area contributed by atoms with Crippen molar-refractivity contribution in [3.63, 3.8) is 0 Å². The lowest BCUT2D eigenvalue weighted by Crippen LogP contribution is -2.42. The number of alkyl halides is 3. The summed E-state index contributed by atoms with van der Waals surface area (Å²) in [6, 6.07) is 17.4. The van der Waals surface area contributed by atoms with Gasteiger partial charge in [-0.2, -0.15) is 17.5 Å². The van der Waals surface area contributed by atoms with Crippen LogP contribution in [0.3, 0.4) is 0 Å². The van der Waals surface area contributed by atoms with Crippen LogP contribution in [-0.2, 0) is 22.7 Å². The summed E-state index contributed by atoms with van der Waals surface area (Å²) in [6.07, 6.45) is -5.44. The number of nitrogens with zero attached hydrogens (tertiary/aromatic N) is 1. The Morgan fingerprint density at radius 1 is 1.03 bits per heavy atom. The van der Waals surface area contributed by atoms with Crippen molar-refractivity contribution in [3.05, 3.63) is 95.1 Å². The Morgan fingerprint density at radius 2 is 1.71 bits per heavy atom. The van der Waals surface area contributed by atoms with Crippen LogP contribution in [0, 0.1) is 0 Å². The molecule has 0 spiro atoms. The molecule has 0 aliphatic carbocycles. The summed E-state index contributed by atoms with van der Waals surface area (Å²) in [5.74, 6) is -0.262. The van der Waals surface area contributed by atoms with Gasteiger partial charge in [0.25, 0.3) is 5.91 Å². The molecule has 6 nitrogen and oxygen atoms in total. The van der Waals surface area contributed by atoms with Crippen LogP contribution < -0.4 is 10.6 Å². The van der Waals surface area contributed by atoms with Crippen molar-refractivity contribution >= 4 is 21.6 Å². The second kappa shape index (κ2) is 9.35. The van der Waals surface area contributed by atoms with Crippen molar-refractivity contribution in [2.24, 2.45) is 0 Å². The van der Waals surface area contributed by atoms with Gasteiger partial charge in [0.2, 0.25) is 10.0 Å². The fourth-order valence-electron chi connectivity index (χ4n) is 3.91. The van der Waals surface area contributed by atoms with Crippen molar-refractivity contribution in [1.29, 1.82) is 0 Å². The summed E-state index contributed by atoms with van der Waals surface area (Å²) in [5, 5.41) is 5.98. The predicted octanol–water partition coefficient (Wildman–Crippen LogP) is 5.16. The van der Waals surface area contributed by atoms with Crippen LogP contribution in [0.5, 0.6) is 0 Å². The standard InChI is InChI=1S/C25H24F3N3O3S/c1-16(2)29-24(32)19-12-10-18(11-13-19)23-30-21-8-3-4-9-22(21)35(33,34)31(23)15-17-6-5-7-20(14-17)25(26,27)28/h3-14,16,23,30H,15H2,1-2H3,(H,29,32). The average Bonchev–Trinajstić information content (AvgIpc) is 2.80. The van der Waals surface area contributed by atoms with Gasteiger partial charge >= 0.3 is 6.18 Å². The fourth-order valence-corrected chi connectivity index (χ4v) is 5.59. The number of carbonyl (C=O) groups is 1. The van der Waals surface area contributed by atoms with Gasteiger partial charge in [0.05, 0.1) is 11.3 Å². The van der Waals surface area contributed by atoms with E-state index in [4.69, 9.17) is 0 Å². The third kappa shape index (κ3) is 5.18. The molecule has 2 N–H and O–H groups in total. The van der Waals surface area contributed by atoms with Gasteiger partial charge in [0, 0.05) is 18.2 Å². The van der Waals surface area contributed by atoms with E-state index in [1.807, 2.05) is 13.8 Å². The van der Waals surface area contributed by atoms with Crippen molar-refractivity contribution in [2.45, 2.75) is 43.7 Å². The van der Waals surface area contributed by atoms with Crippen molar-refractivity contribution in [1.82, 2.24) is 9.62 Å². The minimum absolute atomic E-state index is 0.0381. The third-order valence-electron chi connectivity index (χ3n) is 5.56. The van der Waals surface area contributed by atoms with Crippen LogP contribution in [0.2, 0.25) is 0 Å². The van der Waals surface area contributed by atoms with Gasteiger partial charge in [-0.25, -0.2) is 8.42 Å². The smallest absolute Gasteiger partial charge is 0.364 e. The molecule has 0 saturated heterocycles. The molecule has 0 bridgehead atoms. The number of hydrogen-bond donors (Lipinski definition) is 2. The van der Waals surface area contributed by atoms with Gasteiger partial charge in [-0.15, -0.1) is 0 Å². The Labute approximate surface area is 201 Å². The minimum atomic E-state index is -4.55. The molecule has 184 valence electrons. The number of sulfonamides is 1. The zero-order chi connectivity index (χ0) is 25.4. The maximum Gasteiger partial charge on any atom is 0.416 e. The number of nitrogens with one attached hydrogen (secondary N) is 2. The van der Waals surface area contributed by atoms with E-state index in [1.54, 1.807) is 42.5 Å². The second-order valence-electron chi connectivity index (χ2n) is 8.54. The number of amides is 1. The van der Waals surface area contributed by atoms with Gasteiger partial charge in [-0.1, -0.05) is 42.5 Å². The van der Waals surface area contributed by atoms with E-state index in [0.717, 1.165) is 16.4 Å². The fraction of sp³-hybridized carbons (Fsp3) is 0.240. The van der Waals surface area contributed by atoms with E-state index < -0.39 is 27.9 Å². The molecule has 10 heteroatoms. The van der Waals surface area contributed by atoms with E-state index in [1.165, 1.54) is 18.2 Å². The van der Waals surface area contributed by atoms with E-state index >= 15 is 0 Å². The molecular weight excluding hydrogens is 479 g/mol. The van der Waals surface area contributed by atoms with Gasteiger partial charge in [0.15, 0.2) is 0 Å². The van der Waals surface area contributed by atoms with Crippen LogP contribution >= 0.6 is 0 Å². The lowest BCUT2D eigenvalue weighted by Gasteiger charge is -2.37. The van der Waals surface area contributed by atoms with Gasteiger partial charge in [0.1, 0.15) is 11.1 Å². The second-order valence-corrected chi connectivity index (χ2v) is 10.4. The van der Waals surface area contributed by atoms with Crippen molar-refractivity contribution in [3.8, 4) is 0 Å². The minimum Gasteiger partial charge on any atom is -0.364 e. The van der Waals surface area contributed by atoms with E-state index in [-0.39, 0.29) is 29.0 Å². The number of fused-ring (bicyclic) bond motifs is 1. The van der Waals surface area contributed by atoms with Crippen LogP contribution in [0.1, 0.15) is 47.1 Å². The molecule has 1 heterocycles. The number of para-hydroxylation sites is 1. The summed E-state index contributed by atoms with van der Waals surface area (Å²) < 4.78 is 68.0. The van der Waals surface area contributed by atoms with Gasteiger partial charge < -0.3 is 10.6 Å². The highest BCUT2D eigenvalue weighted by Gasteiger charge is 2.39. The molecule has 3 aromatic carbocycles. The molecule has 1 aliphatic heterocycles. The maximum atomic E-state index is 13.6. The summed E-state index contributed by atoms with van der Waals surface area (Å²) in [5.41, 5.74) is 0.680. The molecule has 0 fully saturated rings. The third-order valence-corrected chi connectivity index (χ3v) is 7.42. The Bertz CT molecular complexity index is 1340. The Kier molecular flexibility index (Phi) is 6.61. The summed E-state index contributed by atoms with van der Waals surface area (Å²) in [6.45, 7) is 3.40. The topological polar surface area (TPSA) is 78.5 Å². The molecule has 0 saturated carbocycles. The number of hydrogen-bond acceptors (Lipinski definition) is 4. The first kappa shape index (κ1) is 24.7. The molecule has 1 amide bonds. The summed E-state index contributed by atoms with van der Waals surface area (Å²) in [7, 11) is -4.06. The highest BCUT2D eigenvalue weighted by Crippen LogP contribution is 2.39. The van der Waals surface area contributed by atoms with Crippen molar-refractivity contribution < 1.29 is 26.4 Å². The average molecular weight is 504 g/mol. The molecule has 1 atom stereocenters. The first-order valence-electron chi connectivity index (χ1n) is 10.9. The number of carbonyl (C=O) groups excluding carboxylic acids is 1. The SMILES string of the molecule is CC(C)NC(=O)c1ccc(C2Nc3ccccc3S(=O)(=O)N2Cc2cccc(C(F)(F)F)c2)cc1. The molecule has 4 rings (SSSR count). The van der Waals surface area contributed by atoms with Gasteiger partial charge in [-0.3, -0.25) is 4.79 Å². The first-order chi connectivity index (χ1) is 16.5. The van der Waals surface area contributed by atoms with E-state index in [2.05, 4.69) is 10.6 Å². The number of anilines is 1. The highest BCUT2D eigenvalue weighted by atomic mass is 32.2. The van der Waals surface area contributed by atoms with Crippen molar-refractivity contribution in [2.75, 3.05) is 5.32 Å². The summed E-state index contributed by atoms with van der Waals surface area (Å²) in [4.78, 5) is 12.3. The lowest BCUT2D eigenvalue weighted by molar-refractivity contribution is -0.137. The molecule has 3 aromatic rings. The monoisotopic (exact) mass is 503 g/mol. The molecule has 1 unspecified atom stereocenters. The number of rotatable bonds is 5. The summed E-state index contributed by atoms with van der Waals surface area (Å²) >= 11 is 0. The Balaban J connectivity index is 1.74. The molecule has 35 heavy (non-hydrogen) atoms. The van der Waals surface area contributed by atoms with Crippen LogP contribution in [0.4, 0.5) is 18.9 Å². The zero-order valence-corrected chi connectivity index (χ0v) is 19.8. The number of benzene rings is 3. The Hall–Kier alpha value is -3.37. The largest absolute Gasteiger partial charge is 0.416 e. The van der Waals surface area contributed by atoms with E-state index in [9.17, 15) is 26.4 Å². The van der Waals surface area contributed by atoms with Crippen LogP contribution in [0.25, 0.3) is 0 Å². The quantitative estimate of drug-likeness (QED) is 0.504. The normalized spacial score (nSPS) is 17.5. The number of halogens is 3. The molecule has 0 aromatic heterocycles. The Morgan fingerprint density at radius 3 is 2.37 bits per heavy atom. The molecule has 0 radical (unpaired) electrons. The first-order valence-corrected chi connectivity index (χ1v) is 12.3. The zero-order valence-electron chi connectivity index (χ0n) is 19.0. The van der Waals surface area contributed by atoms with E-state index in [0.29, 0.717) is 16.8 Å². The molecule has 1 aliphatic rings. The predicted molar refractivity (Wildman–Crippen MR) is 126 cm³/mol. The molecular formula is C25H24F3N3O3S.